The number of rotatable bonds is 6. The topological polar surface area (TPSA) is 121 Å². The van der Waals surface area contributed by atoms with Crippen LogP contribution in [0.4, 0.5) is 17.2 Å². The third kappa shape index (κ3) is 3.30. The predicted molar refractivity (Wildman–Crippen MR) is 136 cm³/mol. The van der Waals surface area contributed by atoms with Gasteiger partial charge in [0, 0.05) is 28.8 Å². The molecule has 0 unspecified atom stereocenters. The van der Waals surface area contributed by atoms with E-state index >= 15 is 0 Å². The lowest BCUT2D eigenvalue weighted by molar-refractivity contribution is -0.118. The van der Waals surface area contributed by atoms with Gasteiger partial charge in [-0.05, 0) is 67.8 Å². The molecule has 4 N–H and O–H groups in total. The summed E-state index contributed by atoms with van der Waals surface area (Å²) in [6.45, 7) is 3.41. The third-order valence-corrected chi connectivity index (χ3v) is 7.31. The number of anilines is 3. The molecule has 2 aromatic heterocycles. The average Bonchev–Trinajstić information content (AvgIpc) is 3.42. The molecule has 0 radical (unpaired) electrons. The summed E-state index contributed by atoms with van der Waals surface area (Å²) in [6, 6.07) is 13.6. The van der Waals surface area contributed by atoms with Gasteiger partial charge in [-0.25, -0.2) is 4.98 Å². The number of carbonyl (C=O) groups excluding carboxylic acids is 1. The molecule has 1 aliphatic carbocycles. The van der Waals surface area contributed by atoms with Crippen molar-refractivity contribution in [3.63, 3.8) is 0 Å². The molecule has 4 aromatic rings. The normalized spacial score (nSPS) is 20.4. The molecule has 1 amide bonds. The molecule has 6 rings (SSSR count). The molecule has 2 aromatic carbocycles. The second-order valence-corrected chi connectivity index (χ2v) is 9.94. The summed E-state index contributed by atoms with van der Waals surface area (Å²) in [5, 5.41) is 25.2. The molecule has 184 valence electrons. The van der Waals surface area contributed by atoms with Gasteiger partial charge in [0.1, 0.15) is 11.4 Å². The molecule has 36 heavy (non-hydrogen) atoms. The van der Waals surface area contributed by atoms with Crippen LogP contribution in [0.1, 0.15) is 42.9 Å². The molecule has 1 saturated carbocycles. The van der Waals surface area contributed by atoms with Gasteiger partial charge in [0.25, 0.3) is 0 Å². The number of hydrogen-bond donors (Lipinski definition) is 4. The van der Waals surface area contributed by atoms with Crippen LogP contribution in [0.3, 0.4) is 0 Å². The molecule has 1 spiro atoms. The molecular weight excluding hydrogens is 458 g/mol. The van der Waals surface area contributed by atoms with Crippen LogP contribution in [0.25, 0.3) is 10.9 Å². The van der Waals surface area contributed by atoms with Crippen LogP contribution in [0, 0.1) is 0 Å². The van der Waals surface area contributed by atoms with Crippen molar-refractivity contribution in [3.05, 3.63) is 65.4 Å². The maximum Gasteiger partial charge on any atom is 0.237 e. The van der Waals surface area contributed by atoms with Gasteiger partial charge in [0.2, 0.25) is 11.8 Å². The second kappa shape index (κ2) is 7.69. The summed E-state index contributed by atoms with van der Waals surface area (Å²) in [5.41, 5.74) is 3.42. The minimum absolute atomic E-state index is 0.0362. The molecule has 2 atom stereocenters. The fourth-order valence-corrected chi connectivity index (χ4v) is 5.21. The number of nitrogens with zero attached hydrogens (tertiary/aromatic N) is 2. The average molecular weight is 486 g/mol. The summed E-state index contributed by atoms with van der Waals surface area (Å²) >= 11 is 0. The van der Waals surface area contributed by atoms with Gasteiger partial charge in [-0.3, -0.25) is 9.89 Å². The zero-order valence-corrected chi connectivity index (χ0v) is 20.5. The van der Waals surface area contributed by atoms with Crippen LogP contribution in [0.5, 0.6) is 11.6 Å². The van der Waals surface area contributed by atoms with E-state index in [0.29, 0.717) is 22.9 Å². The standard InChI is InChI=1S/C27H27N5O4/c1-26(2,34)15-10-22(24(36-4)28-13-15)29-23-17-7-5-14(9-21(17)31-32-23)19-12-27(19)18-11-16(35-3)6-8-20(18)30-25(27)33/h5-11,13,19,34H,12H2,1-4H3,(H,30,33)(H2,29,31,32)/t19-,27-/m0/s1. The lowest BCUT2D eigenvalue weighted by atomic mass is 9.91. The van der Waals surface area contributed by atoms with E-state index in [9.17, 15) is 9.90 Å². The Balaban J connectivity index is 1.32. The van der Waals surface area contributed by atoms with Crippen molar-refractivity contribution in [1.82, 2.24) is 15.2 Å². The molecule has 1 aliphatic heterocycles. The number of amides is 1. The first-order chi connectivity index (χ1) is 17.2. The van der Waals surface area contributed by atoms with E-state index in [-0.39, 0.29) is 11.8 Å². The molecule has 0 bridgehead atoms. The lowest BCUT2D eigenvalue weighted by Gasteiger charge is -2.19. The first-order valence-electron chi connectivity index (χ1n) is 11.8. The number of methoxy groups -OCH3 is 2. The van der Waals surface area contributed by atoms with E-state index in [0.717, 1.165) is 39.9 Å². The summed E-state index contributed by atoms with van der Waals surface area (Å²) in [5.74, 6) is 1.87. The molecular formula is C27H27N5O4. The minimum Gasteiger partial charge on any atom is -0.497 e. The Morgan fingerprint density at radius 2 is 1.97 bits per heavy atom. The first kappa shape index (κ1) is 22.4. The number of H-pyrrole nitrogens is 1. The molecule has 0 saturated heterocycles. The Morgan fingerprint density at radius 1 is 1.14 bits per heavy atom. The quantitative estimate of drug-likeness (QED) is 0.321. The predicted octanol–water partition coefficient (Wildman–Crippen LogP) is 4.32. The number of aromatic nitrogens is 3. The Bertz CT molecular complexity index is 1520. The van der Waals surface area contributed by atoms with Crippen LogP contribution >= 0.6 is 0 Å². The molecule has 2 aliphatic rings. The van der Waals surface area contributed by atoms with Crippen molar-refractivity contribution in [2.45, 2.75) is 37.2 Å². The third-order valence-electron chi connectivity index (χ3n) is 7.31. The molecule has 9 nitrogen and oxygen atoms in total. The van der Waals surface area contributed by atoms with Crippen molar-refractivity contribution in [2.24, 2.45) is 0 Å². The number of pyridine rings is 1. The lowest BCUT2D eigenvalue weighted by Crippen LogP contribution is -2.21. The number of nitrogens with one attached hydrogen (secondary N) is 3. The number of benzene rings is 2. The van der Waals surface area contributed by atoms with E-state index in [1.165, 1.54) is 0 Å². The highest BCUT2D eigenvalue weighted by Gasteiger charge is 2.65. The van der Waals surface area contributed by atoms with Gasteiger partial charge in [0.15, 0.2) is 5.82 Å². The van der Waals surface area contributed by atoms with Crippen LogP contribution in [0.2, 0.25) is 0 Å². The number of carbonyl (C=O) groups is 1. The number of fused-ring (bicyclic) bond motifs is 3. The smallest absolute Gasteiger partial charge is 0.237 e. The van der Waals surface area contributed by atoms with Gasteiger partial charge < -0.3 is 25.2 Å². The van der Waals surface area contributed by atoms with Crippen molar-refractivity contribution in [2.75, 3.05) is 24.9 Å². The van der Waals surface area contributed by atoms with Gasteiger partial charge in [-0.15, -0.1) is 0 Å². The Hall–Kier alpha value is -4.11. The largest absolute Gasteiger partial charge is 0.497 e. The van der Waals surface area contributed by atoms with Crippen LogP contribution < -0.4 is 20.1 Å². The summed E-state index contributed by atoms with van der Waals surface area (Å²) in [6.07, 6.45) is 2.34. The van der Waals surface area contributed by atoms with E-state index in [4.69, 9.17) is 9.47 Å². The molecule has 3 heterocycles. The van der Waals surface area contributed by atoms with Gasteiger partial charge >= 0.3 is 0 Å². The van der Waals surface area contributed by atoms with Crippen LogP contribution in [0.15, 0.2) is 48.7 Å². The summed E-state index contributed by atoms with van der Waals surface area (Å²) < 4.78 is 10.8. The van der Waals surface area contributed by atoms with Gasteiger partial charge in [-0.1, -0.05) is 6.07 Å². The molecule has 1 fully saturated rings. The summed E-state index contributed by atoms with van der Waals surface area (Å²) in [4.78, 5) is 17.3. The molecule has 9 heteroatoms. The van der Waals surface area contributed by atoms with Crippen molar-refractivity contribution >= 4 is 34.0 Å². The number of ether oxygens (including phenoxy) is 2. The number of aliphatic hydroxyl groups is 1. The van der Waals surface area contributed by atoms with Crippen molar-refractivity contribution in [3.8, 4) is 11.6 Å². The highest BCUT2D eigenvalue weighted by Crippen LogP contribution is 2.65. The highest BCUT2D eigenvalue weighted by molar-refractivity contribution is 6.10. The minimum atomic E-state index is -1.05. The van der Waals surface area contributed by atoms with Crippen LogP contribution in [-0.4, -0.2) is 40.4 Å². The van der Waals surface area contributed by atoms with E-state index in [1.54, 1.807) is 40.3 Å². The van der Waals surface area contributed by atoms with Gasteiger partial charge in [0.05, 0.1) is 30.8 Å². The SMILES string of the molecule is COc1ccc2c(c1)[C@]1(C[C@H]1c1ccc3c(Nc4cc(C(C)(C)O)cnc4OC)n[nH]c3c1)C(=O)N2. The van der Waals surface area contributed by atoms with Gasteiger partial charge in [-0.2, -0.15) is 5.10 Å². The maximum atomic E-state index is 13.0. The Labute approximate surface area is 207 Å². The summed E-state index contributed by atoms with van der Waals surface area (Å²) in [7, 11) is 3.18. The number of hydrogen-bond acceptors (Lipinski definition) is 7. The van der Waals surface area contributed by atoms with E-state index < -0.39 is 11.0 Å². The number of aromatic amines is 1. The first-order valence-corrected chi connectivity index (χ1v) is 11.8. The van der Waals surface area contributed by atoms with E-state index in [1.807, 2.05) is 24.3 Å². The fraction of sp³-hybridized carbons (Fsp3) is 0.296. The Morgan fingerprint density at radius 3 is 2.72 bits per heavy atom. The maximum absolute atomic E-state index is 13.0. The zero-order chi connectivity index (χ0) is 25.2. The van der Waals surface area contributed by atoms with Crippen LogP contribution in [-0.2, 0) is 15.8 Å². The fourth-order valence-electron chi connectivity index (χ4n) is 5.21. The monoisotopic (exact) mass is 485 g/mol. The zero-order valence-electron chi connectivity index (χ0n) is 20.5. The highest BCUT2D eigenvalue weighted by atomic mass is 16.5. The van der Waals surface area contributed by atoms with Crippen molar-refractivity contribution in [1.29, 1.82) is 0 Å². The van der Waals surface area contributed by atoms with Crippen molar-refractivity contribution < 1.29 is 19.4 Å². The second-order valence-electron chi connectivity index (χ2n) is 9.94. The Kier molecular flexibility index (Phi) is 4.78. The van der Waals surface area contributed by atoms with E-state index in [2.05, 4.69) is 37.9 Å².